The van der Waals surface area contributed by atoms with E-state index in [1.807, 2.05) is 0 Å². The maximum Gasteiger partial charge on any atom is 0.416 e. The third-order valence-corrected chi connectivity index (χ3v) is 4.15. The van der Waals surface area contributed by atoms with Crippen molar-refractivity contribution in [2.45, 2.75) is 32.0 Å². The Bertz CT molecular complexity index is 618. The van der Waals surface area contributed by atoms with Gasteiger partial charge < -0.3 is 14.7 Å². The highest BCUT2D eigenvalue weighted by atomic mass is 19.4. The van der Waals surface area contributed by atoms with Gasteiger partial charge in [0, 0.05) is 12.6 Å². The molecule has 1 saturated heterocycles. The molecule has 0 aromatic heterocycles. The van der Waals surface area contributed by atoms with Gasteiger partial charge in [-0.2, -0.15) is 13.2 Å². The van der Waals surface area contributed by atoms with E-state index in [9.17, 15) is 22.8 Å². The number of hydrogen-bond acceptors (Lipinski definition) is 3. The first kappa shape index (κ1) is 18.1. The number of rotatable bonds is 4. The topological polar surface area (TPSA) is 66.8 Å². The Labute approximate surface area is 137 Å². The lowest BCUT2D eigenvalue weighted by Crippen LogP contribution is -2.50. The number of amides is 1. The Morgan fingerprint density at radius 1 is 1.38 bits per heavy atom. The van der Waals surface area contributed by atoms with E-state index in [-0.39, 0.29) is 5.75 Å². The molecular formula is C16H18F3NO4. The summed E-state index contributed by atoms with van der Waals surface area (Å²) < 4.78 is 43.1. The van der Waals surface area contributed by atoms with Crippen LogP contribution in [0.3, 0.4) is 0 Å². The van der Waals surface area contributed by atoms with Crippen molar-refractivity contribution >= 4 is 11.9 Å². The number of carbonyl (C=O) groups excluding carboxylic acids is 1. The molecule has 1 aliphatic rings. The van der Waals surface area contributed by atoms with E-state index >= 15 is 0 Å². The molecule has 24 heavy (non-hydrogen) atoms. The lowest BCUT2D eigenvalue weighted by Gasteiger charge is -2.37. The van der Waals surface area contributed by atoms with Crippen molar-refractivity contribution in [3.8, 4) is 5.75 Å². The van der Waals surface area contributed by atoms with E-state index in [0.29, 0.717) is 19.4 Å². The Morgan fingerprint density at radius 3 is 2.71 bits per heavy atom. The fraction of sp³-hybridized carbons (Fsp3) is 0.500. The number of carbonyl (C=O) groups is 2. The molecule has 0 spiro atoms. The summed E-state index contributed by atoms with van der Waals surface area (Å²) in [5.41, 5.74) is -0.857. The van der Waals surface area contributed by atoms with Crippen LogP contribution < -0.4 is 4.74 Å². The SMILES string of the molecule is C[C@@H]1[C@H](C(=O)O)CCCN1C(=O)COc1cccc(C(F)(F)F)c1. The summed E-state index contributed by atoms with van der Waals surface area (Å²) >= 11 is 0. The van der Waals surface area contributed by atoms with Crippen molar-refractivity contribution in [3.63, 3.8) is 0 Å². The summed E-state index contributed by atoms with van der Waals surface area (Å²) in [6.45, 7) is 1.63. The second kappa shape index (κ2) is 7.11. The van der Waals surface area contributed by atoms with Crippen LogP contribution >= 0.6 is 0 Å². The first-order chi connectivity index (χ1) is 11.2. The number of aliphatic carboxylic acids is 1. The van der Waals surface area contributed by atoms with Gasteiger partial charge in [0.2, 0.25) is 0 Å². The van der Waals surface area contributed by atoms with Crippen LogP contribution in [0, 0.1) is 5.92 Å². The van der Waals surface area contributed by atoms with Crippen molar-refractivity contribution in [2.24, 2.45) is 5.92 Å². The predicted molar refractivity (Wildman–Crippen MR) is 78.5 cm³/mol. The lowest BCUT2D eigenvalue weighted by atomic mass is 9.90. The lowest BCUT2D eigenvalue weighted by molar-refractivity contribution is -0.149. The van der Waals surface area contributed by atoms with E-state index in [2.05, 4.69) is 0 Å². The molecule has 1 aliphatic heterocycles. The minimum atomic E-state index is -4.49. The average Bonchev–Trinajstić information content (AvgIpc) is 2.52. The highest BCUT2D eigenvalue weighted by Gasteiger charge is 2.35. The van der Waals surface area contributed by atoms with Crippen LogP contribution in [0.2, 0.25) is 0 Å². The van der Waals surface area contributed by atoms with Gasteiger partial charge in [0.05, 0.1) is 11.5 Å². The third kappa shape index (κ3) is 4.18. The van der Waals surface area contributed by atoms with E-state index in [1.54, 1.807) is 6.92 Å². The minimum absolute atomic E-state index is 0.0578. The standard InChI is InChI=1S/C16H18F3NO4/c1-10-13(15(22)23)6-3-7-20(10)14(21)9-24-12-5-2-4-11(8-12)16(17,18)19/h2,4-5,8,10,13H,3,6-7,9H2,1H3,(H,22,23)/t10-,13-/m1/s1. The van der Waals surface area contributed by atoms with Crippen LogP contribution in [0.1, 0.15) is 25.3 Å². The van der Waals surface area contributed by atoms with Crippen LogP contribution in [0.25, 0.3) is 0 Å². The van der Waals surface area contributed by atoms with E-state index in [1.165, 1.54) is 17.0 Å². The zero-order valence-corrected chi connectivity index (χ0v) is 13.0. The molecule has 2 rings (SSSR count). The van der Waals surface area contributed by atoms with Crippen molar-refractivity contribution in [3.05, 3.63) is 29.8 Å². The zero-order valence-electron chi connectivity index (χ0n) is 13.0. The molecule has 0 saturated carbocycles. The van der Waals surface area contributed by atoms with Gasteiger partial charge in [-0.1, -0.05) is 6.07 Å². The normalized spacial score (nSPS) is 21.4. The number of hydrogen-bond donors (Lipinski definition) is 1. The van der Waals surface area contributed by atoms with E-state index in [4.69, 9.17) is 9.84 Å². The number of likely N-dealkylation sites (tertiary alicyclic amines) is 1. The molecule has 0 bridgehead atoms. The predicted octanol–water partition coefficient (Wildman–Crippen LogP) is 2.80. The highest BCUT2D eigenvalue weighted by Crippen LogP contribution is 2.31. The summed E-state index contributed by atoms with van der Waals surface area (Å²) in [7, 11) is 0. The molecule has 0 aliphatic carbocycles. The quantitative estimate of drug-likeness (QED) is 0.911. The molecule has 2 atom stereocenters. The summed E-state index contributed by atoms with van der Waals surface area (Å²) in [6, 6.07) is 3.80. The van der Waals surface area contributed by atoms with Gasteiger partial charge in [0.1, 0.15) is 5.75 Å². The summed E-state index contributed by atoms with van der Waals surface area (Å²) in [4.78, 5) is 24.8. The minimum Gasteiger partial charge on any atom is -0.484 e. The van der Waals surface area contributed by atoms with Gasteiger partial charge in [0.25, 0.3) is 5.91 Å². The number of carboxylic acid groups (broad SMARTS) is 1. The first-order valence-corrected chi connectivity index (χ1v) is 7.52. The number of nitrogens with zero attached hydrogens (tertiary/aromatic N) is 1. The molecule has 0 unspecified atom stereocenters. The Morgan fingerprint density at radius 2 is 2.08 bits per heavy atom. The second-order valence-corrected chi connectivity index (χ2v) is 5.73. The number of carboxylic acids is 1. The van der Waals surface area contributed by atoms with Crippen LogP contribution in [0.5, 0.6) is 5.75 Å². The second-order valence-electron chi connectivity index (χ2n) is 5.73. The largest absolute Gasteiger partial charge is 0.484 e. The average molecular weight is 345 g/mol. The maximum absolute atomic E-state index is 12.6. The summed E-state index contributed by atoms with van der Waals surface area (Å²) in [5.74, 6) is -2.10. The van der Waals surface area contributed by atoms with Gasteiger partial charge in [0.15, 0.2) is 6.61 Å². The van der Waals surface area contributed by atoms with Gasteiger partial charge in [-0.15, -0.1) is 0 Å². The Balaban J connectivity index is 1.99. The summed E-state index contributed by atoms with van der Waals surface area (Å²) in [5, 5.41) is 9.15. The van der Waals surface area contributed by atoms with E-state index in [0.717, 1.165) is 12.1 Å². The van der Waals surface area contributed by atoms with Crippen molar-refractivity contribution in [1.82, 2.24) is 4.90 Å². The molecule has 1 amide bonds. The first-order valence-electron chi connectivity index (χ1n) is 7.52. The van der Waals surface area contributed by atoms with Crippen molar-refractivity contribution in [2.75, 3.05) is 13.2 Å². The van der Waals surface area contributed by atoms with Crippen LogP contribution in [-0.2, 0) is 15.8 Å². The number of halogens is 3. The van der Waals surface area contributed by atoms with Gasteiger partial charge in [-0.3, -0.25) is 9.59 Å². The van der Waals surface area contributed by atoms with Gasteiger partial charge in [-0.05, 0) is 38.0 Å². The van der Waals surface area contributed by atoms with Gasteiger partial charge in [-0.25, -0.2) is 0 Å². The Kier molecular flexibility index (Phi) is 5.36. The molecule has 132 valence electrons. The fourth-order valence-electron chi connectivity index (χ4n) is 2.82. The molecule has 1 aromatic rings. The van der Waals surface area contributed by atoms with Crippen LogP contribution in [-0.4, -0.2) is 41.1 Å². The summed E-state index contributed by atoms with van der Waals surface area (Å²) in [6.07, 6.45) is -3.43. The number of piperidine rings is 1. The molecule has 1 aromatic carbocycles. The smallest absolute Gasteiger partial charge is 0.416 e. The van der Waals surface area contributed by atoms with Crippen molar-refractivity contribution in [1.29, 1.82) is 0 Å². The third-order valence-electron chi connectivity index (χ3n) is 4.15. The molecular weight excluding hydrogens is 327 g/mol. The number of benzene rings is 1. The van der Waals surface area contributed by atoms with E-state index < -0.39 is 42.2 Å². The van der Waals surface area contributed by atoms with Gasteiger partial charge >= 0.3 is 12.1 Å². The van der Waals surface area contributed by atoms with Crippen LogP contribution in [0.4, 0.5) is 13.2 Å². The highest BCUT2D eigenvalue weighted by molar-refractivity contribution is 5.80. The fourth-order valence-corrected chi connectivity index (χ4v) is 2.82. The maximum atomic E-state index is 12.6. The molecule has 0 radical (unpaired) electrons. The molecule has 1 heterocycles. The number of alkyl halides is 3. The molecule has 8 heteroatoms. The molecule has 1 fully saturated rings. The Hall–Kier alpha value is -2.25. The monoisotopic (exact) mass is 345 g/mol. The molecule has 1 N–H and O–H groups in total. The van der Waals surface area contributed by atoms with Crippen LogP contribution in [0.15, 0.2) is 24.3 Å². The number of ether oxygens (including phenoxy) is 1. The zero-order chi connectivity index (χ0) is 17.9. The van der Waals surface area contributed by atoms with Crippen molar-refractivity contribution < 1.29 is 32.6 Å². The molecule has 5 nitrogen and oxygen atoms in total.